The molecule has 5 aliphatic carbocycles. The lowest BCUT2D eigenvalue weighted by molar-refractivity contribution is -0.114. The van der Waals surface area contributed by atoms with Crippen molar-refractivity contribution in [3.8, 4) is 0 Å². The first-order chi connectivity index (χ1) is 17.5. The Morgan fingerprint density at radius 3 is 2.38 bits per heavy atom. The Bertz CT molecular complexity index is 1350. The van der Waals surface area contributed by atoms with Gasteiger partial charge in [0.2, 0.25) is 10.0 Å². The third kappa shape index (κ3) is 3.41. The van der Waals surface area contributed by atoms with E-state index in [9.17, 15) is 18.3 Å². The first kappa shape index (κ1) is 25.3. The molecule has 0 bridgehead atoms. The first-order valence-electron chi connectivity index (χ1n) is 13.8. The second-order valence-corrected chi connectivity index (χ2v) is 14.8. The molecule has 0 radical (unpaired) electrons. The highest BCUT2D eigenvalue weighted by atomic mass is 32.2. The molecule has 5 aliphatic rings. The molecule has 5 nitrogen and oxygen atoms in total. The molecule has 3 saturated carbocycles. The van der Waals surface area contributed by atoms with E-state index in [1.54, 1.807) is 26.2 Å². The molecule has 0 heterocycles. The fourth-order valence-corrected chi connectivity index (χ4v) is 9.64. The van der Waals surface area contributed by atoms with Crippen molar-refractivity contribution >= 4 is 15.8 Å². The Kier molecular flexibility index (Phi) is 5.63. The molecule has 37 heavy (non-hydrogen) atoms. The Hall–Kier alpha value is -2.02. The highest BCUT2D eigenvalue weighted by molar-refractivity contribution is 7.89. The van der Waals surface area contributed by atoms with Crippen LogP contribution in [0, 0.1) is 22.7 Å². The van der Waals surface area contributed by atoms with Gasteiger partial charge < -0.3 is 5.11 Å². The normalized spacial score (nSPS) is 36.5. The van der Waals surface area contributed by atoms with E-state index in [1.807, 2.05) is 31.2 Å². The summed E-state index contributed by atoms with van der Waals surface area (Å²) in [5.74, 6) is 1.11. The van der Waals surface area contributed by atoms with Crippen molar-refractivity contribution in [3.05, 3.63) is 64.8 Å². The number of aliphatic hydroxyl groups is 1. The summed E-state index contributed by atoms with van der Waals surface area (Å²) in [6, 6.07) is 7.44. The maximum absolute atomic E-state index is 12.7. The Labute approximate surface area is 221 Å². The van der Waals surface area contributed by atoms with E-state index in [2.05, 4.69) is 13.0 Å². The molecule has 0 unspecified atom stereocenters. The molecule has 198 valence electrons. The maximum atomic E-state index is 12.7. The van der Waals surface area contributed by atoms with Gasteiger partial charge in [0, 0.05) is 37.3 Å². The summed E-state index contributed by atoms with van der Waals surface area (Å²) in [6.45, 7) is 4.33. The van der Waals surface area contributed by atoms with E-state index in [4.69, 9.17) is 0 Å². The van der Waals surface area contributed by atoms with Gasteiger partial charge in [-0.2, -0.15) is 0 Å². The van der Waals surface area contributed by atoms with Crippen LogP contribution in [0.2, 0.25) is 0 Å². The van der Waals surface area contributed by atoms with Gasteiger partial charge in [0.05, 0.1) is 10.5 Å². The number of hydrogen-bond acceptors (Lipinski definition) is 4. The van der Waals surface area contributed by atoms with E-state index >= 15 is 0 Å². The number of ketones is 1. The molecule has 0 aliphatic heterocycles. The van der Waals surface area contributed by atoms with Crippen LogP contribution < -0.4 is 0 Å². The number of allylic oxidation sites excluding steroid dienone is 5. The molecule has 1 aromatic rings. The highest BCUT2D eigenvalue weighted by Crippen LogP contribution is 2.77. The second-order valence-electron chi connectivity index (χ2n) is 12.6. The quantitative estimate of drug-likeness (QED) is 0.529. The van der Waals surface area contributed by atoms with Crippen molar-refractivity contribution < 1.29 is 18.3 Å². The molecule has 0 saturated heterocycles. The van der Waals surface area contributed by atoms with Gasteiger partial charge in [-0.3, -0.25) is 4.79 Å². The van der Waals surface area contributed by atoms with Crippen molar-refractivity contribution in [1.29, 1.82) is 0 Å². The Morgan fingerprint density at radius 2 is 1.76 bits per heavy atom. The zero-order valence-corrected chi connectivity index (χ0v) is 23.3. The topological polar surface area (TPSA) is 74.7 Å². The summed E-state index contributed by atoms with van der Waals surface area (Å²) >= 11 is 0. The predicted molar refractivity (Wildman–Crippen MR) is 144 cm³/mol. The molecule has 6 heteroatoms. The lowest BCUT2D eigenvalue weighted by atomic mass is 9.51. The number of benzene rings is 1. The van der Waals surface area contributed by atoms with Crippen LogP contribution in [0.4, 0.5) is 0 Å². The summed E-state index contributed by atoms with van der Waals surface area (Å²) in [5, 5.41) is 12.4. The number of rotatable bonds is 4. The van der Waals surface area contributed by atoms with E-state index in [0.29, 0.717) is 23.2 Å². The van der Waals surface area contributed by atoms with Crippen LogP contribution in [0.1, 0.15) is 76.7 Å². The molecule has 0 aromatic heterocycles. The maximum Gasteiger partial charge on any atom is 0.242 e. The second kappa shape index (κ2) is 8.24. The van der Waals surface area contributed by atoms with E-state index in [-0.39, 0.29) is 22.5 Å². The molecule has 6 rings (SSSR count). The van der Waals surface area contributed by atoms with Crippen molar-refractivity contribution in [3.63, 3.8) is 0 Å². The number of hydrogen-bond donors (Lipinski definition) is 1. The van der Waals surface area contributed by atoms with Crippen LogP contribution in [0.25, 0.3) is 0 Å². The van der Waals surface area contributed by atoms with Crippen LogP contribution in [-0.4, -0.2) is 43.3 Å². The van der Waals surface area contributed by atoms with Crippen LogP contribution >= 0.6 is 0 Å². The van der Waals surface area contributed by atoms with Gasteiger partial charge in [-0.1, -0.05) is 36.8 Å². The molecule has 0 amide bonds. The fraction of sp³-hybridized carbons (Fsp3) is 0.581. The van der Waals surface area contributed by atoms with Crippen molar-refractivity contribution in [2.75, 3.05) is 14.1 Å². The van der Waals surface area contributed by atoms with Gasteiger partial charge in [-0.25, -0.2) is 12.7 Å². The van der Waals surface area contributed by atoms with Crippen LogP contribution in [-0.2, 0) is 14.8 Å². The minimum Gasteiger partial charge on any atom is -0.385 e. The third-order valence-electron chi connectivity index (χ3n) is 10.7. The Balaban J connectivity index is 1.51. The van der Waals surface area contributed by atoms with Gasteiger partial charge in [0.25, 0.3) is 0 Å². The van der Waals surface area contributed by atoms with Crippen molar-refractivity contribution in [2.45, 2.75) is 81.6 Å². The SMILES string of the molecule is CC=C[C@]1(O)C2(CC2)C[C@H]2[C@@H]3CCC4=CC(=O)CCC4=C3[C@@H](c3ccc(S(=O)(=O)N(C)C)cc3)C[C@@]21C. The van der Waals surface area contributed by atoms with Crippen LogP contribution in [0.3, 0.4) is 0 Å². The minimum atomic E-state index is -3.51. The monoisotopic (exact) mass is 521 g/mol. The summed E-state index contributed by atoms with van der Waals surface area (Å²) in [5.41, 5.74) is 4.05. The number of fused-ring (bicyclic) bond motifs is 4. The number of carbonyl (C=O) groups is 1. The minimum absolute atomic E-state index is 0.0219. The average molecular weight is 522 g/mol. The smallest absolute Gasteiger partial charge is 0.242 e. The van der Waals surface area contributed by atoms with Gasteiger partial charge in [-0.15, -0.1) is 0 Å². The zero-order chi connectivity index (χ0) is 26.4. The lowest BCUT2D eigenvalue weighted by Crippen LogP contribution is -2.53. The summed E-state index contributed by atoms with van der Waals surface area (Å²) in [4.78, 5) is 12.6. The largest absolute Gasteiger partial charge is 0.385 e. The summed E-state index contributed by atoms with van der Waals surface area (Å²) in [6.07, 6.45) is 13.4. The molecular formula is C31H39NO4S. The van der Waals surface area contributed by atoms with Gasteiger partial charge in [0.1, 0.15) is 0 Å². The average Bonchev–Trinajstić information content (AvgIpc) is 3.63. The molecule has 5 atom stereocenters. The lowest BCUT2D eigenvalue weighted by Gasteiger charge is -2.54. The van der Waals surface area contributed by atoms with E-state index in [1.165, 1.54) is 21.0 Å². The predicted octanol–water partition coefficient (Wildman–Crippen LogP) is 5.53. The number of nitrogens with zero attached hydrogens (tertiary/aromatic N) is 1. The number of sulfonamides is 1. The van der Waals surface area contributed by atoms with E-state index in [0.717, 1.165) is 50.5 Å². The summed E-state index contributed by atoms with van der Waals surface area (Å²) in [7, 11) is -0.398. The molecule has 1 spiro atoms. The van der Waals surface area contributed by atoms with Gasteiger partial charge in [0.15, 0.2) is 5.78 Å². The van der Waals surface area contributed by atoms with Crippen LogP contribution in [0.5, 0.6) is 0 Å². The summed E-state index contributed by atoms with van der Waals surface area (Å²) < 4.78 is 26.7. The third-order valence-corrected chi connectivity index (χ3v) is 12.6. The van der Waals surface area contributed by atoms with Crippen molar-refractivity contribution in [1.82, 2.24) is 4.31 Å². The first-order valence-corrected chi connectivity index (χ1v) is 15.3. The van der Waals surface area contributed by atoms with E-state index < -0.39 is 15.6 Å². The molecule has 3 fully saturated rings. The Morgan fingerprint density at radius 1 is 1.05 bits per heavy atom. The number of carbonyl (C=O) groups excluding carboxylic acids is 1. The van der Waals surface area contributed by atoms with Crippen molar-refractivity contribution in [2.24, 2.45) is 22.7 Å². The molecule has 1 aromatic carbocycles. The molecular weight excluding hydrogens is 482 g/mol. The standard InChI is InChI=1S/C31H39NO4S/c1-5-14-31(34)29(2)18-26(20-6-10-23(11-7-20)37(35,36)32(3)4)28-24-13-9-22(33)17-21(24)8-12-25(28)27(29)19-30(31)15-16-30/h5-7,10-11,14,17,25-27,34H,8-9,12-13,15-16,18-19H2,1-4H3/t25-,26+,27-,29-,31+/m0/s1. The fourth-order valence-electron chi connectivity index (χ4n) is 8.73. The van der Waals surface area contributed by atoms with Gasteiger partial charge >= 0.3 is 0 Å². The zero-order valence-electron chi connectivity index (χ0n) is 22.5. The van der Waals surface area contributed by atoms with Crippen LogP contribution in [0.15, 0.2) is 64.1 Å². The molecule has 1 N–H and O–H groups in total. The van der Waals surface area contributed by atoms with Gasteiger partial charge in [-0.05, 0) is 98.6 Å². The highest BCUT2D eigenvalue weighted by Gasteiger charge is 2.75.